The molecule has 0 aliphatic rings. The van der Waals surface area contributed by atoms with Crippen LogP contribution >= 0.6 is 0 Å². The van der Waals surface area contributed by atoms with Crippen LogP contribution in [-0.2, 0) is 9.53 Å². The lowest BCUT2D eigenvalue weighted by atomic mass is 10.2. The van der Waals surface area contributed by atoms with Crippen molar-refractivity contribution in [2.24, 2.45) is 0 Å². The molecule has 0 radical (unpaired) electrons. The Morgan fingerprint density at radius 2 is 1.86 bits per heavy atom. The predicted molar refractivity (Wildman–Crippen MR) is 58.3 cm³/mol. The van der Waals surface area contributed by atoms with Crippen LogP contribution in [0.3, 0.4) is 0 Å². The van der Waals surface area contributed by atoms with E-state index in [0.29, 0.717) is 6.42 Å². The lowest BCUT2D eigenvalue weighted by Crippen LogP contribution is -2.16. The van der Waals surface area contributed by atoms with E-state index in [0.717, 1.165) is 32.4 Å². The molecule has 0 unspecified atom stereocenters. The molecule has 0 amide bonds. The SMILES string of the molecule is CCCCNCCCCCC(=O)OC. The molecule has 0 bridgehead atoms. The number of esters is 1. The minimum absolute atomic E-state index is 0.0936. The average Bonchev–Trinajstić information content (AvgIpc) is 2.21. The van der Waals surface area contributed by atoms with Gasteiger partial charge in [-0.2, -0.15) is 0 Å². The molecule has 0 aromatic carbocycles. The second-order valence-corrected chi connectivity index (χ2v) is 3.49. The smallest absolute Gasteiger partial charge is 0.305 e. The van der Waals surface area contributed by atoms with E-state index in [9.17, 15) is 4.79 Å². The third kappa shape index (κ3) is 9.52. The Bertz CT molecular complexity index is 137. The second kappa shape index (κ2) is 10.5. The summed E-state index contributed by atoms with van der Waals surface area (Å²) in [5, 5.41) is 3.37. The molecule has 0 saturated heterocycles. The molecule has 0 fully saturated rings. The maximum absolute atomic E-state index is 10.7. The summed E-state index contributed by atoms with van der Waals surface area (Å²) in [4.78, 5) is 10.7. The monoisotopic (exact) mass is 201 g/mol. The van der Waals surface area contributed by atoms with Gasteiger partial charge in [0.1, 0.15) is 0 Å². The number of nitrogens with one attached hydrogen (secondary N) is 1. The van der Waals surface area contributed by atoms with E-state index in [-0.39, 0.29) is 5.97 Å². The molecule has 0 heterocycles. The summed E-state index contributed by atoms with van der Waals surface area (Å²) in [5.41, 5.74) is 0. The Morgan fingerprint density at radius 3 is 2.50 bits per heavy atom. The molecule has 3 heteroatoms. The number of hydrogen-bond donors (Lipinski definition) is 1. The fourth-order valence-corrected chi connectivity index (χ4v) is 1.22. The summed E-state index contributed by atoms with van der Waals surface area (Å²) in [6, 6.07) is 0. The summed E-state index contributed by atoms with van der Waals surface area (Å²) in [5.74, 6) is -0.0936. The van der Waals surface area contributed by atoms with Crippen molar-refractivity contribution < 1.29 is 9.53 Å². The lowest BCUT2D eigenvalue weighted by molar-refractivity contribution is -0.140. The van der Waals surface area contributed by atoms with Crippen LogP contribution in [0.5, 0.6) is 0 Å². The minimum atomic E-state index is -0.0936. The summed E-state index contributed by atoms with van der Waals surface area (Å²) in [7, 11) is 1.44. The summed E-state index contributed by atoms with van der Waals surface area (Å²) in [6.45, 7) is 4.38. The van der Waals surface area contributed by atoms with Gasteiger partial charge >= 0.3 is 5.97 Å². The number of carbonyl (C=O) groups excluding carboxylic acids is 1. The fourth-order valence-electron chi connectivity index (χ4n) is 1.22. The topological polar surface area (TPSA) is 38.3 Å². The van der Waals surface area contributed by atoms with Gasteiger partial charge in [-0.3, -0.25) is 4.79 Å². The molecule has 0 aromatic heterocycles. The third-order valence-electron chi connectivity index (χ3n) is 2.17. The van der Waals surface area contributed by atoms with Gasteiger partial charge in [-0.25, -0.2) is 0 Å². The quantitative estimate of drug-likeness (QED) is 0.458. The third-order valence-corrected chi connectivity index (χ3v) is 2.17. The molecular formula is C11H23NO2. The summed E-state index contributed by atoms with van der Waals surface area (Å²) in [6.07, 6.45) is 6.26. The van der Waals surface area contributed by atoms with Crippen LogP contribution in [0.4, 0.5) is 0 Å². The maximum Gasteiger partial charge on any atom is 0.305 e. The largest absolute Gasteiger partial charge is 0.469 e. The number of methoxy groups -OCH3 is 1. The van der Waals surface area contributed by atoms with Crippen LogP contribution in [0.1, 0.15) is 45.4 Å². The Labute approximate surface area is 87.2 Å². The number of carbonyl (C=O) groups is 1. The van der Waals surface area contributed by atoms with Crippen molar-refractivity contribution in [3.05, 3.63) is 0 Å². The number of rotatable bonds is 9. The van der Waals surface area contributed by atoms with E-state index in [1.165, 1.54) is 20.0 Å². The highest BCUT2D eigenvalue weighted by molar-refractivity contribution is 5.68. The first-order chi connectivity index (χ1) is 6.81. The number of ether oxygens (including phenoxy) is 1. The predicted octanol–water partition coefficient (Wildman–Crippen LogP) is 2.11. The molecule has 0 aliphatic heterocycles. The van der Waals surface area contributed by atoms with Gasteiger partial charge in [0.2, 0.25) is 0 Å². The molecule has 0 atom stereocenters. The van der Waals surface area contributed by atoms with Crippen molar-refractivity contribution in [2.75, 3.05) is 20.2 Å². The molecule has 0 aromatic rings. The normalized spacial score (nSPS) is 10.1. The average molecular weight is 201 g/mol. The Kier molecular flexibility index (Phi) is 10.1. The maximum atomic E-state index is 10.7. The first-order valence-corrected chi connectivity index (χ1v) is 5.58. The molecule has 14 heavy (non-hydrogen) atoms. The van der Waals surface area contributed by atoms with Gasteiger partial charge in [0.15, 0.2) is 0 Å². The van der Waals surface area contributed by atoms with Gasteiger partial charge < -0.3 is 10.1 Å². The summed E-state index contributed by atoms with van der Waals surface area (Å²) < 4.78 is 4.56. The highest BCUT2D eigenvalue weighted by atomic mass is 16.5. The van der Waals surface area contributed by atoms with E-state index in [4.69, 9.17) is 0 Å². The van der Waals surface area contributed by atoms with Gasteiger partial charge in [0.25, 0.3) is 0 Å². The lowest BCUT2D eigenvalue weighted by Gasteiger charge is -2.03. The van der Waals surface area contributed by atoms with Crippen LogP contribution < -0.4 is 5.32 Å². The summed E-state index contributed by atoms with van der Waals surface area (Å²) >= 11 is 0. The molecule has 0 spiro atoms. The van der Waals surface area contributed by atoms with Crippen molar-refractivity contribution in [3.63, 3.8) is 0 Å². The zero-order valence-electron chi connectivity index (χ0n) is 9.47. The minimum Gasteiger partial charge on any atom is -0.469 e. The second-order valence-electron chi connectivity index (χ2n) is 3.49. The standard InChI is InChI=1S/C11H23NO2/c1-3-4-9-12-10-7-5-6-8-11(13)14-2/h12H,3-10H2,1-2H3. The van der Waals surface area contributed by atoms with E-state index in [1.807, 2.05) is 0 Å². The fraction of sp³-hybridized carbons (Fsp3) is 0.909. The Balaban J connectivity index is 2.95. The molecule has 0 aliphatic carbocycles. The zero-order valence-corrected chi connectivity index (χ0v) is 9.47. The van der Waals surface area contributed by atoms with Crippen LogP contribution in [-0.4, -0.2) is 26.2 Å². The van der Waals surface area contributed by atoms with Gasteiger partial charge in [0, 0.05) is 6.42 Å². The van der Waals surface area contributed by atoms with Crippen LogP contribution in [0.25, 0.3) is 0 Å². The van der Waals surface area contributed by atoms with Crippen LogP contribution in [0.2, 0.25) is 0 Å². The van der Waals surface area contributed by atoms with Crippen molar-refractivity contribution in [3.8, 4) is 0 Å². The highest BCUT2D eigenvalue weighted by Crippen LogP contribution is 1.99. The van der Waals surface area contributed by atoms with Gasteiger partial charge in [-0.15, -0.1) is 0 Å². The van der Waals surface area contributed by atoms with E-state index in [2.05, 4.69) is 17.0 Å². The highest BCUT2D eigenvalue weighted by Gasteiger charge is 1.98. The van der Waals surface area contributed by atoms with Gasteiger partial charge in [0.05, 0.1) is 7.11 Å². The molecule has 0 saturated carbocycles. The van der Waals surface area contributed by atoms with Gasteiger partial charge in [-0.1, -0.05) is 19.8 Å². The van der Waals surface area contributed by atoms with Gasteiger partial charge in [-0.05, 0) is 32.4 Å². The van der Waals surface area contributed by atoms with Crippen molar-refractivity contribution in [2.45, 2.75) is 45.4 Å². The van der Waals surface area contributed by atoms with Crippen LogP contribution in [0.15, 0.2) is 0 Å². The molecular weight excluding hydrogens is 178 g/mol. The Morgan fingerprint density at radius 1 is 1.14 bits per heavy atom. The Hall–Kier alpha value is -0.570. The van der Waals surface area contributed by atoms with E-state index >= 15 is 0 Å². The van der Waals surface area contributed by atoms with Crippen molar-refractivity contribution in [1.29, 1.82) is 0 Å². The molecule has 3 nitrogen and oxygen atoms in total. The zero-order chi connectivity index (χ0) is 10.6. The number of hydrogen-bond acceptors (Lipinski definition) is 3. The van der Waals surface area contributed by atoms with Crippen molar-refractivity contribution in [1.82, 2.24) is 5.32 Å². The number of unbranched alkanes of at least 4 members (excludes halogenated alkanes) is 3. The van der Waals surface area contributed by atoms with Crippen molar-refractivity contribution >= 4 is 5.97 Å². The first kappa shape index (κ1) is 13.4. The van der Waals surface area contributed by atoms with E-state index in [1.54, 1.807) is 0 Å². The van der Waals surface area contributed by atoms with Crippen LogP contribution in [0, 0.1) is 0 Å². The molecule has 84 valence electrons. The van der Waals surface area contributed by atoms with E-state index < -0.39 is 0 Å². The first-order valence-electron chi connectivity index (χ1n) is 5.58. The molecule has 1 N–H and O–H groups in total. The molecule has 0 rings (SSSR count).